The topological polar surface area (TPSA) is 71.8 Å². The summed E-state index contributed by atoms with van der Waals surface area (Å²) in [6.07, 6.45) is 1.47. The van der Waals surface area contributed by atoms with Crippen molar-refractivity contribution in [3.8, 4) is 10.6 Å². The summed E-state index contributed by atoms with van der Waals surface area (Å²) in [7, 11) is 0. The van der Waals surface area contributed by atoms with E-state index in [1.165, 1.54) is 6.07 Å². The molecular weight excluding hydrogens is 246 g/mol. The van der Waals surface area contributed by atoms with Crippen molar-refractivity contribution in [1.29, 1.82) is 0 Å². The minimum absolute atomic E-state index is 0.153. The van der Waals surface area contributed by atoms with Gasteiger partial charge in [0, 0.05) is 6.07 Å². The molecule has 0 saturated heterocycles. The van der Waals surface area contributed by atoms with Crippen LogP contribution in [0.2, 0.25) is 0 Å². The third-order valence-electron chi connectivity index (χ3n) is 3.25. The number of aromatic nitrogens is 2. The lowest BCUT2D eigenvalue weighted by Gasteiger charge is -2.25. The van der Waals surface area contributed by atoms with Crippen LogP contribution >= 0.6 is 11.3 Å². The molecule has 5 heteroatoms. The summed E-state index contributed by atoms with van der Waals surface area (Å²) in [5, 5.41) is 1.97. The minimum atomic E-state index is -0.563. The first-order valence-electron chi connectivity index (χ1n) is 6.03. The highest BCUT2D eigenvalue weighted by Crippen LogP contribution is 2.25. The molecule has 2 rings (SSSR count). The van der Waals surface area contributed by atoms with Gasteiger partial charge in [-0.3, -0.25) is 4.79 Å². The lowest BCUT2D eigenvalue weighted by molar-refractivity contribution is 0.386. The van der Waals surface area contributed by atoms with Crippen molar-refractivity contribution in [3.05, 3.63) is 39.8 Å². The van der Waals surface area contributed by atoms with Gasteiger partial charge in [0.2, 0.25) is 0 Å². The molecule has 2 aromatic rings. The number of aromatic amines is 1. The van der Waals surface area contributed by atoms with Crippen LogP contribution in [-0.4, -0.2) is 9.97 Å². The highest BCUT2D eigenvalue weighted by molar-refractivity contribution is 7.13. The molecule has 4 nitrogen and oxygen atoms in total. The van der Waals surface area contributed by atoms with Crippen molar-refractivity contribution in [1.82, 2.24) is 9.97 Å². The molecule has 0 spiro atoms. The van der Waals surface area contributed by atoms with E-state index in [9.17, 15) is 4.79 Å². The second-order valence-corrected chi connectivity index (χ2v) is 5.27. The second-order valence-electron chi connectivity index (χ2n) is 4.32. The Bertz CT molecular complexity index is 570. The van der Waals surface area contributed by atoms with Gasteiger partial charge < -0.3 is 10.7 Å². The molecule has 0 amide bonds. The zero-order valence-corrected chi connectivity index (χ0v) is 11.4. The molecule has 0 unspecified atom stereocenters. The van der Waals surface area contributed by atoms with Crippen LogP contribution in [0.1, 0.15) is 32.5 Å². The average molecular weight is 263 g/mol. The van der Waals surface area contributed by atoms with E-state index in [0.717, 1.165) is 17.7 Å². The van der Waals surface area contributed by atoms with E-state index in [0.29, 0.717) is 11.5 Å². The van der Waals surface area contributed by atoms with Crippen molar-refractivity contribution >= 4 is 11.3 Å². The summed E-state index contributed by atoms with van der Waals surface area (Å²) in [4.78, 5) is 20.0. The molecule has 0 aliphatic rings. The summed E-state index contributed by atoms with van der Waals surface area (Å²) in [6, 6.07) is 5.41. The number of nitrogens with zero attached hydrogens (tertiary/aromatic N) is 1. The summed E-state index contributed by atoms with van der Waals surface area (Å²) in [5.41, 5.74) is 6.26. The first kappa shape index (κ1) is 13.0. The van der Waals surface area contributed by atoms with Gasteiger partial charge in [-0.15, -0.1) is 11.3 Å². The maximum absolute atomic E-state index is 11.7. The fourth-order valence-electron chi connectivity index (χ4n) is 1.83. The van der Waals surface area contributed by atoms with Gasteiger partial charge in [-0.1, -0.05) is 19.9 Å². The summed E-state index contributed by atoms with van der Waals surface area (Å²) < 4.78 is 0. The van der Waals surface area contributed by atoms with Gasteiger partial charge in [-0.05, 0) is 24.3 Å². The Labute approximate surface area is 110 Å². The van der Waals surface area contributed by atoms with Crippen LogP contribution in [0.4, 0.5) is 0 Å². The lowest BCUT2D eigenvalue weighted by atomic mass is 9.93. The van der Waals surface area contributed by atoms with Gasteiger partial charge in [0.15, 0.2) is 0 Å². The molecule has 0 atom stereocenters. The van der Waals surface area contributed by atoms with E-state index in [4.69, 9.17) is 5.73 Å². The molecule has 3 N–H and O–H groups in total. The monoisotopic (exact) mass is 263 g/mol. The van der Waals surface area contributed by atoms with Crippen LogP contribution in [0.15, 0.2) is 28.4 Å². The number of thiophene rings is 1. The fraction of sp³-hybridized carbons (Fsp3) is 0.385. The fourth-order valence-corrected chi connectivity index (χ4v) is 2.52. The lowest BCUT2D eigenvalue weighted by Crippen LogP contribution is -2.38. The molecule has 18 heavy (non-hydrogen) atoms. The van der Waals surface area contributed by atoms with Gasteiger partial charge >= 0.3 is 0 Å². The van der Waals surface area contributed by atoms with Gasteiger partial charge in [0.25, 0.3) is 5.56 Å². The van der Waals surface area contributed by atoms with Crippen LogP contribution in [-0.2, 0) is 5.54 Å². The smallest absolute Gasteiger partial charge is 0.251 e. The van der Waals surface area contributed by atoms with Crippen LogP contribution in [0.3, 0.4) is 0 Å². The third-order valence-corrected chi connectivity index (χ3v) is 4.14. The number of hydrogen-bond donors (Lipinski definition) is 2. The predicted molar refractivity (Wildman–Crippen MR) is 74.6 cm³/mol. The first-order chi connectivity index (χ1) is 8.59. The van der Waals surface area contributed by atoms with Gasteiger partial charge in [0.1, 0.15) is 5.82 Å². The molecule has 0 aliphatic heterocycles. The Kier molecular flexibility index (Phi) is 3.63. The van der Waals surface area contributed by atoms with Crippen molar-refractivity contribution < 1.29 is 0 Å². The zero-order valence-electron chi connectivity index (χ0n) is 10.6. The number of H-pyrrole nitrogens is 1. The van der Waals surface area contributed by atoms with E-state index >= 15 is 0 Å². The van der Waals surface area contributed by atoms with Crippen LogP contribution < -0.4 is 11.3 Å². The molecule has 2 heterocycles. The van der Waals surface area contributed by atoms with Gasteiger partial charge in [-0.25, -0.2) is 4.98 Å². The Morgan fingerprint density at radius 3 is 2.72 bits per heavy atom. The molecule has 0 bridgehead atoms. The normalized spacial score (nSPS) is 11.7. The molecule has 96 valence electrons. The number of rotatable bonds is 4. The number of nitrogens with two attached hydrogens (primary N) is 1. The third kappa shape index (κ3) is 2.37. The Hall–Kier alpha value is -1.46. The Morgan fingerprint density at radius 2 is 2.17 bits per heavy atom. The quantitative estimate of drug-likeness (QED) is 0.890. The highest BCUT2D eigenvalue weighted by atomic mass is 32.1. The summed E-state index contributed by atoms with van der Waals surface area (Å²) in [6.45, 7) is 4.00. The minimum Gasteiger partial charge on any atom is -0.319 e. The average Bonchev–Trinajstić information content (AvgIpc) is 2.91. The van der Waals surface area contributed by atoms with Crippen molar-refractivity contribution in [2.75, 3.05) is 0 Å². The predicted octanol–water partition coefficient (Wildman–Crippen LogP) is 2.47. The molecule has 0 aromatic carbocycles. The number of hydrogen-bond acceptors (Lipinski definition) is 4. The summed E-state index contributed by atoms with van der Waals surface area (Å²) >= 11 is 1.56. The van der Waals surface area contributed by atoms with E-state index in [2.05, 4.69) is 9.97 Å². The van der Waals surface area contributed by atoms with Crippen molar-refractivity contribution in [2.24, 2.45) is 5.73 Å². The van der Waals surface area contributed by atoms with Crippen molar-refractivity contribution in [2.45, 2.75) is 32.2 Å². The van der Waals surface area contributed by atoms with Crippen LogP contribution in [0.5, 0.6) is 0 Å². The SMILES string of the molecule is CCC(N)(CC)c1nc(-c2cccs2)cc(=O)[nH]1. The van der Waals surface area contributed by atoms with Crippen LogP contribution in [0, 0.1) is 0 Å². The highest BCUT2D eigenvalue weighted by Gasteiger charge is 2.26. The van der Waals surface area contributed by atoms with Gasteiger partial charge in [0.05, 0.1) is 16.1 Å². The Balaban J connectivity index is 2.54. The van der Waals surface area contributed by atoms with E-state index < -0.39 is 5.54 Å². The number of nitrogens with one attached hydrogen (secondary N) is 1. The van der Waals surface area contributed by atoms with E-state index in [-0.39, 0.29) is 5.56 Å². The molecule has 2 aromatic heterocycles. The van der Waals surface area contributed by atoms with Crippen molar-refractivity contribution in [3.63, 3.8) is 0 Å². The standard InChI is InChI=1S/C13H17N3OS/c1-3-13(14,4-2)12-15-9(8-11(17)16-12)10-6-5-7-18-10/h5-8H,3-4,14H2,1-2H3,(H,15,16,17). The molecular formula is C13H17N3OS. The zero-order chi connectivity index (χ0) is 13.2. The van der Waals surface area contributed by atoms with E-state index in [1.807, 2.05) is 31.4 Å². The summed E-state index contributed by atoms with van der Waals surface area (Å²) in [5.74, 6) is 0.573. The maximum Gasteiger partial charge on any atom is 0.251 e. The molecule has 0 fully saturated rings. The molecule has 0 aliphatic carbocycles. The van der Waals surface area contributed by atoms with E-state index in [1.54, 1.807) is 11.3 Å². The molecule has 0 saturated carbocycles. The maximum atomic E-state index is 11.7. The largest absolute Gasteiger partial charge is 0.319 e. The second kappa shape index (κ2) is 5.04. The Morgan fingerprint density at radius 1 is 1.44 bits per heavy atom. The first-order valence-corrected chi connectivity index (χ1v) is 6.91. The van der Waals surface area contributed by atoms with Gasteiger partial charge in [-0.2, -0.15) is 0 Å². The van der Waals surface area contributed by atoms with Crippen LogP contribution in [0.25, 0.3) is 10.6 Å². The molecule has 0 radical (unpaired) electrons.